The topological polar surface area (TPSA) is 56.8 Å². The minimum absolute atomic E-state index is 0.0274. The largest absolute Gasteiger partial charge is 0.339 e. The normalized spacial score (nSPS) is 18.2. The smallest absolute Gasteiger partial charge is 0.282 e. The number of hydrogen-bond acceptors (Lipinski definition) is 5. The Balaban J connectivity index is 1.19. The molecule has 2 aromatic rings. The van der Waals surface area contributed by atoms with E-state index in [0.717, 1.165) is 49.9 Å². The van der Waals surface area contributed by atoms with Crippen molar-refractivity contribution in [2.24, 2.45) is 0 Å². The molecule has 0 saturated carbocycles. The van der Waals surface area contributed by atoms with Crippen LogP contribution in [0.4, 0.5) is 0 Å². The molecule has 1 aromatic heterocycles. The maximum atomic E-state index is 12.4. The third-order valence-corrected chi connectivity index (χ3v) is 6.64. The molecule has 2 saturated heterocycles. The zero-order valence-corrected chi connectivity index (χ0v) is 17.2. The lowest BCUT2D eigenvalue weighted by Crippen LogP contribution is -2.64. The zero-order chi connectivity index (χ0) is 19.5. The molecule has 148 valence electrons. The molecule has 2 aliphatic rings. The van der Waals surface area contributed by atoms with Gasteiger partial charge in [-0.05, 0) is 18.1 Å². The Morgan fingerprint density at radius 1 is 1.11 bits per heavy atom. The molecule has 2 fully saturated rings. The molecule has 4 rings (SSSR count). The van der Waals surface area contributed by atoms with Crippen LogP contribution in [0.5, 0.6) is 0 Å². The third kappa shape index (κ3) is 4.21. The van der Waals surface area contributed by atoms with Crippen LogP contribution in [0.2, 0.25) is 5.02 Å². The summed E-state index contributed by atoms with van der Waals surface area (Å²) < 4.78 is 0. The number of thiazole rings is 1. The molecule has 0 bridgehead atoms. The maximum absolute atomic E-state index is 12.4. The molecule has 3 heterocycles. The molecule has 8 heteroatoms. The number of rotatable bonds is 5. The molecule has 0 spiro atoms. The lowest BCUT2D eigenvalue weighted by Gasteiger charge is -2.48. The quantitative estimate of drug-likeness (QED) is 0.748. The van der Waals surface area contributed by atoms with Gasteiger partial charge in [-0.25, -0.2) is 4.98 Å². The molecule has 0 aliphatic carbocycles. The van der Waals surface area contributed by atoms with E-state index in [1.54, 1.807) is 6.20 Å². The van der Waals surface area contributed by atoms with Crippen molar-refractivity contribution in [1.29, 1.82) is 0 Å². The van der Waals surface area contributed by atoms with Crippen LogP contribution >= 0.6 is 22.9 Å². The van der Waals surface area contributed by atoms with Gasteiger partial charge in [0.2, 0.25) is 5.91 Å². The van der Waals surface area contributed by atoms with Crippen molar-refractivity contribution in [3.05, 3.63) is 51.4 Å². The van der Waals surface area contributed by atoms with Gasteiger partial charge in [-0.1, -0.05) is 29.8 Å². The number of aromatic nitrogens is 1. The summed E-state index contributed by atoms with van der Waals surface area (Å²) in [5.74, 6) is 0.216. The summed E-state index contributed by atoms with van der Waals surface area (Å²) in [6, 6.07) is 8.09. The number of piperazine rings is 1. The number of amides is 2. The van der Waals surface area contributed by atoms with Crippen molar-refractivity contribution in [3.8, 4) is 0 Å². The molecule has 2 aliphatic heterocycles. The predicted octanol–water partition coefficient (Wildman–Crippen LogP) is 2.40. The summed E-state index contributed by atoms with van der Waals surface area (Å²) in [5.41, 5.74) is 1.02. The minimum Gasteiger partial charge on any atom is -0.339 e. The van der Waals surface area contributed by atoms with Crippen molar-refractivity contribution in [2.45, 2.75) is 18.9 Å². The summed E-state index contributed by atoms with van der Waals surface area (Å²) in [4.78, 5) is 35.1. The number of nitrogens with zero attached hydrogens (tertiary/aromatic N) is 4. The highest BCUT2D eigenvalue weighted by atomic mass is 35.5. The highest BCUT2D eigenvalue weighted by Gasteiger charge is 2.36. The molecule has 28 heavy (non-hydrogen) atoms. The zero-order valence-electron chi connectivity index (χ0n) is 15.6. The van der Waals surface area contributed by atoms with Crippen molar-refractivity contribution < 1.29 is 9.59 Å². The Hall–Kier alpha value is -1.96. The van der Waals surface area contributed by atoms with E-state index >= 15 is 0 Å². The third-order valence-electron chi connectivity index (χ3n) is 5.51. The SMILES string of the molecule is O=C(CCc1ccccc1Cl)N1CC(N2CCN(C(=O)c3nccs3)CC2)C1. The van der Waals surface area contributed by atoms with Crippen molar-refractivity contribution >= 4 is 34.8 Å². The summed E-state index contributed by atoms with van der Waals surface area (Å²) in [6.45, 7) is 4.70. The lowest BCUT2D eigenvalue weighted by molar-refractivity contribution is -0.139. The average Bonchev–Trinajstić information content (AvgIpc) is 3.21. The second kappa shape index (κ2) is 8.59. The number of halogens is 1. The maximum Gasteiger partial charge on any atom is 0.282 e. The van der Waals surface area contributed by atoms with Crippen molar-refractivity contribution in [2.75, 3.05) is 39.3 Å². The molecule has 1 aromatic carbocycles. The summed E-state index contributed by atoms with van der Waals surface area (Å²) >= 11 is 7.55. The first-order valence-electron chi connectivity index (χ1n) is 9.56. The van der Waals surface area contributed by atoms with Crippen LogP contribution in [-0.2, 0) is 11.2 Å². The van der Waals surface area contributed by atoms with Gasteiger partial charge < -0.3 is 9.80 Å². The first-order chi connectivity index (χ1) is 13.6. The second-order valence-electron chi connectivity index (χ2n) is 7.21. The second-order valence-corrected chi connectivity index (χ2v) is 8.51. The molecular weight excluding hydrogens is 396 g/mol. The Kier molecular flexibility index (Phi) is 5.94. The Labute approximate surface area is 173 Å². The van der Waals surface area contributed by atoms with Crippen LogP contribution in [0.3, 0.4) is 0 Å². The van der Waals surface area contributed by atoms with Crippen LogP contribution in [0.15, 0.2) is 35.8 Å². The van der Waals surface area contributed by atoms with E-state index in [-0.39, 0.29) is 11.8 Å². The van der Waals surface area contributed by atoms with Gasteiger partial charge in [0.25, 0.3) is 5.91 Å². The van der Waals surface area contributed by atoms with Gasteiger partial charge >= 0.3 is 0 Å². The van der Waals surface area contributed by atoms with Crippen LogP contribution in [0.25, 0.3) is 0 Å². The molecule has 0 N–H and O–H groups in total. The first-order valence-corrected chi connectivity index (χ1v) is 10.8. The van der Waals surface area contributed by atoms with Gasteiger partial charge in [0, 0.05) is 68.3 Å². The molecule has 6 nitrogen and oxygen atoms in total. The van der Waals surface area contributed by atoms with Gasteiger partial charge in [0.1, 0.15) is 0 Å². The van der Waals surface area contributed by atoms with Gasteiger partial charge in [-0.2, -0.15) is 0 Å². The fraction of sp³-hybridized carbons (Fsp3) is 0.450. The number of hydrogen-bond donors (Lipinski definition) is 0. The fourth-order valence-electron chi connectivity index (χ4n) is 3.75. The van der Waals surface area contributed by atoms with Crippen LogP contribution in [0, 0.1) is 0 Å². The van der Waals surface area contributed by atoms with Gasteiger partial charge in [-0.3, -0.25) is 14.5 Å². The number of benzene rings is 1. The van der Waals surface area contributed by atoms with E-state index in [4.69, 9.17) is 11.6 Å². The van der Waals surface area contributed by atoms with Crippen LogP contribution in [-0.4, -0.2) is 76.8 Å². The Bertz CT molecular complexity index is 830. The van der Waals surface area contributed by atoms with Gasteiger partial charge in [-0.15, -0.1) is 11.3 Å². The summed E-state index contributed by atoms with van der Waals surface area (Å²) in [5, 5.41) is 3.11. The molecule has 2 amide bonds. The first kappa shape index (κ1) is 19.4. The van der Waals surface area contributed by atoms with Crippen molar-refractivity contribution in [1.82, 2.24) is 19.7 Å². The van der Waals surface area contributed by atoms with E-state index in [1.165, 1.54) is 11.3 Å². The average molecular weight is 419 g/mol. The minimum atomic E-state index is 0.0274. The van der Waals surface area contributed by atoms with E-state index in [2.05, 4.69) is 9.88 Å². The van der Waals surface area contributed by atoms with E-state index in [0.29, 0.717) is 23.9 Å². The molecule has 0 unspecified atom stereocenters. The number of likely N-dealkylation sites (tertiary alicyclic amines) is 1. The highest BCUT2D eigenvalue weighted by Crippen LogP contribution is 2.21. The van der Waals surface area contributed by atoms with Crippen molar-refractivity contribution in [3.63, 3.8) is 0 Å². The monoisotopic (exact) mass is 418 g/mol. The van der Waals surface area contributed by atoms with E-state index in [1.807, 2.05) is 39.4 Å². The number of carbonyl (C=O) groups is 2. The molecular formula is C20H23ClN4O2S. The fourth-order valence-corrected chi connectivity index (χ4v) is 4.58. The summed E-state index contributed by atoms with van der Waals surface area (Å²) in [7, 11) is 0. The number of carbonyl (C=O) groups excluding carboxylic acids is 2. The molecule has 0 atom stereocenters. The number of aryl methyl sites for hydroxylation is 1. The highest BCUT2D eigenvalue weighted by molar-refractivity contribution is 7.11. The van der Waals surface area contributed by atoms with Crippen LogP contribution < -0.4 is 0 Å². The van der Waals surface area contributed by atoms with E-state index < -0.39 is 0 Å². The van der Waals surface area contributed by atoms with Gasteiger partial charge in [0.05, 0.1) is 0 Å². The summed E-state index contributed by atoms with van der Waals surface area (Å²) in [6.07, 6.45) is 2.84. The Morgan fingerprint density at radius 2 is 1.86 bits per heavy atom. The standard InChI is InChI=1S/C20H23ClN4O2S/c21-17-4-2-1-3-15(17)5-6-18(26)25-13-16(14-25)23-8-10-24(11-9-23)20(27)19-22-7-12-28-19/h1-4,7,12,16H,5-6,8-11,13-14H2. The Morgan fingerprint density at radius 3 is 2.54 bits per heavy atom. The molecule has 0 radical (unpaired) electrons. The van der Waals surface area contributed by atoms with Crippen LogP contribution in [0.1, 0.15) is 21.8 Å². The van der Waals surface area contributed by atoms with E-state index in [9.17, 15) is 9.59 Å². The predicted molar refractivity (Wildman–Crippen MR) is 110 cm³/mol. The van der Waals surface area contributed by atoms with Gasteiger partial charge in [0.15, 0.2) is 5.01 Å². The lowest BCUT2D eigenvalue weighted by atomic mass is 10.0.